The van der Waals surface area contributed by atoms with Crippen LogP contribution in [0.3, 0.4) is 0 Å². The van der Waals surface area contributed by atoms with Crippen molar-refractivity contribution in [3.63, 3.8) is 0 Å². The number of halogens is 1. The van der Waals surface area contributed by atoms with Gasteiger partial charge in [0.05, 0.1) is 11.9 Å². The third-order valence-corrected chi connectivity index (χ3v) is 5.83. The number of hydrogen-bond donors (Lipinski definition) is 2. The summed E-state index contributed by atoms with van der Waals surface area (Å²) >= 11 is 7.80. The Balaban J connectivity index is 1.41. The fourth-order valence-corrected chi connectivity index (χ4v) is 4.45. The van der Waals surface area contributed by atoms with Gasteiger partial charge in [0, 0.05) is 25.2 Å². The predicted octanol–water partition coefficient (Wildman–Crippen LogP) is 3.22. The smallest absolute Gasteiger partial charge is 0.319 e. The highest BCUT2D eigenvalue weighted by Crippen LogP contribution is 2.24. The SMILES string of the molecule is O=C(Nc1ccc(Cl)nc1)NC1CCN(C2CCSCC2)CC1. The van der Waals surface area contributed by atoms with E-state index in [1.165, 1.54) is 24.3 Å². The molecular weight excluding hydrogens is 332 g/mol. The highest BCUT2D eigenvalue weighted by molar-refractivity contribution is 7.99. The first-order valence-electron chi connectivity index (χ1n) is 8.21. The van der Waals surface area contributed by atoms with Crippen molar-refractivity contribution < 1.29 is 4.79 Å². The Morgan fingerprint density at radius 3 is 2.61 bits per heavy atom. The molecule has 2 fully saturated rings. The van der Waals surface area contributed by atoms with E-state index in [2.05, 4.69) is 32.3 Å². The second-order valence-electron chi connectivity index (χ2n) is 6.12. The highest BCUT2D eigenvalue weighted by Gasteiger charge is 2.26. The molecule has 0 aromatic carbocycles. The van der Waals surface area contributed by atoms with E-state index in [0.29, 0.717) is 10.8 Å². The molecule has 0 atom stereocenters. The van der Waals surface area contributed by atoms with E-state index in [1.807, 2.05) is 0 Å². The van der Waals surface area contributed by atoms with Crippen molar-refractivity contribution in [3.05, 3.63) is 23.5 Å². The van der Waals surface area contributed by atoms with Gasteiger partial charge < -0.3 is 15.5 Å². The van der Waals surface area contributed by atoms with E-state index in [9.17, 15) is 4.79 Å². The molecule has 0 unspecified atom stereocenters. The number of pyridine rings is 1. The molecule has 1 aromatic rings. The molecule has 2 N–H and O–H groups in total. The van der Waals surface area contributed by atoms with E-state index in [-0.39, 0.29) is 12.1 Å². The van der Waals surface area contributed by atoms with Gasteiger partial charge in [-0.25, -0.2) is 9.78 Å². The van der Waals surface area contributed by atoms with Crippen molar-refractivity contribution in [1.29, 1.82) is 0 Å². The van der Waals surface area contributed by atoms with Crippen LogP contribution in [-0.2, 0) is 0 Å². The van der Waals surface area contributed by atoms with Crippen LogP contribution in [0.15, 0.2) is 18.3 Å². The number of nitrogens with one attached hydrogen (secondary N) is 2. The van der Waals surface area contributed by atoms with Gasteiger partial charge in [-0.1, -0.05) is 11.6 Å². The number of hydrogen-bond acceptors (Lipinski definition) is 4. The molecule has 5 nitrogen and oxygen atoms in total. The van der Waals surface area contributed by atoms with Crippen molar-refractivity contribution in [1.82, 2.24) is 15.2 Å². The van der Waals surface area contributed by atoms with E-state index >= 15 is 0 Å². The minimum Gasteiger partial charge on any atom is -0.335 e. The number of likely N-dealkylation sites (tertiary alicyclic amines) is 1. The Kier molecular flexibility index (Phi) is 6.02. The van der Waals surface area contributed by atoms with Crippen LogP contribution in [0.2, 0.25) is 5.15 Å². The van der Waals surface area contributed by atoms with Gasteiger partial charge in [0.1, 0.15) is 5.15 Å². The quantitative estimate of drug-likeness (QED) is 0.818. The number of piperidine rings is 1. The zero-order chi connectivity index (χ0) is 16.1. The summed E-state index contributed by atoms with van der Waals surface area (Å²) in [6.45, 7) is 2.17. The molecule has 0 radical (unpaired) electrons. The maximum absolute atomic E-state index is 12.0. The molecule has 7 heteroatoms. The van der Waals surface area contributed by atoms with Crippen LogP contribution < -0.4 is 10.6 Å². The number of nitrogens with zero attached hydrogens (tertiary/aromatic N) is 2. The van der Waals surface area contributed by atoms with Gasteiger partial charge in [-0.05, 0) is 49.3 Å². The molecule has 2 amide bonds. The van der Waals surface area contributed by atoms with Crippen LogP contribution >= 0.6 is 23.4 Å². The molecule has 0 saturated carbocycles. The zero-order valence-corrected chi connectivity index (χ0v) is 14.7. The monoisotopic (exact) mass is 354 g/mol. The maximum Gasteiger partial charge on any atom is 0.319 e. The van der Waals surface area contributed by atoms with E-state index in [4.69, 9.17) is 11.6 Å². The third-order valence-electron chi connectivity index (χ3n) is 4.56. The summed E-state index contributed by atoms with van der Waals surface area (Å²) in [5.74, 6) is 2.58. The molecule has 2 aliphatic heterocycles. The van der Waals surface area contributed by atoms with Crippen molar-refractivity contribution in [2.45, 2.75) is 37.8 Å². The topological polar surface area (TPSA) is 57.3 Å². The standard InChI is InChI=1S/C16H23ClN4OS/c17-15-2-1-13(11-18-15)20-16(22)19-12-3-7-21(8-4-12)14-5-9-23-10-6-14/h1-2,11-12,14H,3-10H2,(H2,19,20,22). The Morgan fingerprint density at radius 1 is 1.22 bits per heavy atom. The predicted molar refractivity (Wildman–Crippen MR) is 96.3 cm³/mol. The Hall–Kier alpha value is -0.980. The van der Waals surface area contributed by atoms with Crippen LogP contribution in [0.5, 0.6) is 0 Å². The second-order valence-corrected chi connectivity index (χ2v) is 7.73. The summed E-state index contributed by atoms with van der Waals surface area (Å²) in [6, 6.07) is 4.26. The van der Waals surface area contributed by atoms with Gasteiger partial charge in [0.15, 0.2) is 0 Å². The van der Waals surface area contributed by atoms with Crippen molar-refractivity contribution in [2.24, 2.45) is 0 Å². The zero-order valence-electron chi connectivity index (χ0n) is 13.1. The molecule has 3 heterocycles. The van der Waals surface area contributed by atoms with Gasteiger partial charge in [0.25, 0.3) is 0 Å². The highest BCUT2D eigenvalue weighted by atomic mass is 35.5. The van der Waals surface area contributed by atoms with Crippen molar-refractivity contribution >= 4 is 35.1 Å². The number of carbonyl (C=O) groups is 1. The number of thioether (sulfide) groups is 1. The van der Waals surface area contributed by atoms with E-state index in [1.54, 1.807) is 18.3 Å². The molecular formula is C16H23ClN4OS. The number of carbonyl (C=O) groups excluding carboxylic acids is 1. The molecule has 2 aliphatic rings. The second kappa shape index (κ2) is 8.22. The lowest BCUT2D eigenvalue weighted by molar-refractivity contribution is 0.138. The van der Waals surface area contributed by atoms with Crippen LogP contribution in [0, 0.1) is 0 Å². The van der Waals surface area contributed by atoms with Gasteiger partial charge >= 0.3 is 6.03 Å². The molecule has 2 saturated heterocycles. The Labute approximate surface area is 146 Å². The number of urea groups is 1. The van der Waals surface area contributed by atoms with E-state index < -0.39 is 0 Å². The number of anilines is 1. The van der Waals surface area contributed by atoms with Crippen LogP contribution in [0.25, 0.3) is 0 Å². The molecule has 3 rings (SSSR count). The van der Waals surface area contributed by atoms with Gasteiger partial charge in [0.2, 0.25) is 0 Å². The molecule has 126 valence electrons. The minimum absolute atomic E-state index is 0.165. The summed E-state index contributed by atoms with van der Waals surface area (Å²) in [7, 11) is 0. The lowest BCUT2D eigenvalue weighted by Crippen LogP contribution is -2.49. The summed E-state index contributed by atoms with van der Waals surface area (Å²) < 4.78 is 0. The molecule has 0 spiro atoms. The molecule has 0 bridgehead atoms. The first-order valence-corrected chi connectivity index (χ1v) is 9.75. The Morgan fingerprint density at radius 2 is 1.96 bits per heavy atom. The van der Waals surface area contributed by atoms with Crippen LogP contribution in [0.4, 0.5) is 10.5 Å². The number of aromatic nitrogens is 1. The summed E-state index contributed by atoms with van der Waals surface area (Å²) in [5, 5.41) is 6.29. The van der Waals surface area contributed by atoms with Crippen LogP contribution in [0.1, 0.15) is 25.7 Å². The average Bonchev–Trinajstić information content (AvgIpc) is 2.58. The molecule has 23 heavy (non-hydrogen) atoms. The normalized spacial score (nSPS) is 21.1. The fourth-order valence-electron chi connectivity index (χ4n) is 3.26. The lowest BCUT2D eigenvalue weighted by Gasteiger charge is -2.39. The maximum atomic E-state index is 12.0. The van der Waals surface area contributed by atoms with Gasteiger partial charge in [-0.15, -0.1) is 0 Å². The average molecular weight is 355 g/mol. The minimum atomic E-state index is -0.165. The van der Waals surface area contributed by atoms with Gasteiger partial charge in [-0.3, -0.25) is 0 Å². The lowest BCUT2D eigenvalue weighted by atomic mass is 10.0. The van der Waals surface area contributed by atoms with Gasteiger partial charge in [-0.2, -0.15) is 11.8 Å². The first kappa shape index (κ1) is 16.9. The summed E-state index contributed by atoms with van der Waals surface area (Å²) in [6.07, 6.45) is 6.23. The first-order chi connectivity index (χ1) is 11.2. The molecule has 1 aromatic heterocycles. The summed E-state index contributed by atoms with van der Waals surface area (Å²) in [4.78, 5) is 18.6. The fraction of sp³-hybridized carbons (Fsp3) is 0.625. The number of amides is 2. The van der Waals surface area contributed by atoms with E-state index in [0.717, 1.165) is 32.0 Å². The molecule has 0 aliphatic carbocycles. The summed E-state index contributed by atoms with van der Waals surface area (Å²) in [5.41, 5.74) is 0.657. The van der Waals surface area contributed by atoms with Crippen molar-refractivity contribution in [2.75, 3.05) is 29.9 Å². The van der Waals surface area contributed by atoms with Crippen LogP contribution in [-0.4, -0.2) is 52.6 Å². The largest absolute Gasteiger partial charge is 0.335 e. The number of rotatable bonds is 3. The Bertz CT molecular complexity index is 513. The third kappa shape index (κ3) is 4.99. The van der Waals surface area contributed by atoms with Crippen molar-refractivity contribution in [3.8, 4) is 0 Å².